The zero-order valence-electron chi connectivity index (χ0n) is 12.1. The van der Waals surface area contributed by atoms with Crippen molar-refractivity contribution in [2.45, 2.75) is 44.6 Å². The predicted octanol–water partition coefficient (Wildman–Crippen LogP) is 0.766. The number of amides is 1. The van der Waals surface area contributed by atoms with Gasteiger partial charge >= 0.3 is 0 Å². The summed E-state index contributed by atoms with van der Waals surface area (Å²) in [6.45, 7) is 2.44. The molecule has 2 N–H and O–H groups in total. The van der Waals surface area contributed by atoms with E-state index in [4.69, 9.17) is 9.84 Å². The van der Waals surface area contributed by atoms with Gasteiger partial charge in [0.1, 0.15) is 0 Å². The van der Waals surface area contributed by atoms with Crippen molar-refractivity contribution in [1.82, 2.24) is 10.2 Å². The normalized spacial score (nSPS) is 16.8. The Kier molecular flexibility index (Phi) is 8.79. The SMILES string of the molecule is COCCCNC(=O)CN(CCO)C1CCCCC1. The first kappa shape index (κ1) is 16.4. The van der Waals surface area contributed by atoms with Crippen LogP contribution in [0.3, 0.4) is 0 Å². The summed E-state index contributed by atoms with van der Waals surface area (Å²) in [5, 5.41) is 12.0. The standard InChI is InChI=1S/C14H28N2O3/c1-19-11-5-8-15-14(18)12-16(9-10-17)13-6-3-2-4-7-13/h13,17H,2-12H2,1H3,(H,15,18). The largest absolute Gasteiger partial charge is 0.395 e. The zero-order chi connectivity index (χ0) is 13.9. The molecule has 1 saturated carbocycles. The van der Waals surface area contributed by atoms with E-state index in [9.17, 15) is 4.79 Å². The molecule has 0 heterocycles. The van der Waals surface area contributed by atoms with E-state index < -0.39 is 0 Å². The topological polar surface area (TPSA) is 61.8 Å². The lowest BCUT2D eigenvalue weighted by molar-refractivity contribution is -0.123. The fraction of sp³-hybridized carbons (Fsp3) is 0.929. The monoisotopic (exact) mass is 272 g/mol. The Balaban J connectivity index is 2.28. The number of nitrogens with zero attached hydrogens (tertiary/aromatic N) is 1. The third-order valence-electron chi connectivity index (χ3n) is 3.67. The zero-order valence-corrected chi connectivity index (χ0v) is 12.1. The van der Waals surface area contributed by atoms with Crippen molar-refractivity contribution in [3.63, 3.8) is 0 Å². The molecule has 0 radical (unpaired) electrons. The van der Waals surface area contributed by atoms with Gasteiger partial charge < -0.3 is 15.2 Å². The molecule has 0 unspecified atom stereocenters. The van der Waals surface area contributed by atoms with Crippen LogP contribution < -0.4 is 5.32 Å². The molecule has 1 fully saturated rings. The van der Waals surface area contributed by atoms with Crippen LogP contribution in [-0.2, 0) is 9.53 Å². The van der Waals surface area contributed by atoms with Crippen LogP contribution in [0.15, 0.2) is 0 Å². The molecule has 0 spiro atoms. The van der Waals surface area contributed by atoms with E-state index in [-0.39, 0.29) is 12.5 Å². The van der Waals surface area contributed by atoms with Crippen molar-refractivity contribution in [2.24, 2.45) is 0 Å². The van der Waals surface area contributed by atoms with Gasteiger partial charge in [-0.15, -0.1) is 0 Å². The lowest BCUT2D eigenvalue weighted by Crippen LogP contribution is -2.45. The molecule has 0 aromatic carbocycles. The maximum Gasteiger partial charge on any atom is 0.234 e. The van der Waals surface area contributed by atoms with Crippen molar-refractivity contribution in [1.29, 1.82) is 0 Å². The average molecular weight is 272 g/mol. The van der Waals surface area contributed by atoms with Gasteiger partial charge in [0, 0.05) is 32.8 Å². The molecule has 1 rings (SSSR count). The average Bonchev–Trinajstić information content (AvgIpc) is 2.44. The number of methoxy groups -OCH3 is 1. The molecule has 0 aromatic rings. The predicted molar refractivity (Wildman–Crippen MR) is 75.0 cm³/mol. The highest BCUT2D eigenvalue weighted by atomic mass is 16.5. The highest BCUT2D eigenvalue weighted by Gasteiger charge is 2.22. The quantitative estimate of drug-likeness (QED) is 0.609. The molecule has 5 nitrogen and oxygen atoms in total. The van der Waals surface area contributed by atoms with Crippen molar-refractivity contribution in [3.8, 4) is 0 Å². The molecule has 0 bridgehead atoms. The maximum absolute atomic E-state index is 11.9. The molecule has 1 aliphatic rings. The highest BCUT2D eigenvalue weighted by Crippen LogP contribution is 2.22. The minimum absolute atomic E-state index is 0.0510. The van der Waals surface area contributed by atoms with E-state index in [2.05, 4.69) is 10.2 Å². The minimum atomic E-state index is 0.0510. The number of hydrogen-bond acceptors (Lipinski definition) is 4. The molecule has 0 aliphatic heterocycles. The molecule has 19 heavy (non-hydrogen) atoms. The summed E-state index contributed by atoms with van der Waals surface area (Å²) in [4.78, 5) is 14.0. The highest BCUT2D eigenvalue weighted by molar-refractivity contribution is 5.78. The smallest absolute Gasteiger partial charge is 0.234 e. The Morgan fingerprint density at radius 3 is 2.74 bits per heavy atom. The summed E-state index contributed by atoms with van der Waals surface area (Å²) in [6.07, 6.45) is 6.91. The van der Waals surface area contributed by atoms with Crippen LogP contribution in [-0.4, -0.2) is 61.9 Å². The van der Waals surface area contributed by atoms with Crippen molar-refractivity contribution in [3.05, 3.63) is 0 Å². The number of aliphatic hydroxyl groups excluding tert-OH is 1. The number of nitrogens with one attached hydrogen (secondary N) is 1. The second-order valence-corrected chi connectivity index (χ2v) is 5.18. The molecular weight excluding hydrogens is 244 g/mol. The van der Waals surface area contributed by atoms with Crippen LogP contribution >= 0.6 is 0 Å². The van der Waals surface area contributed by atoms with E-state index in [1.807, 2.05) is 0 Å². The van der Waals surface area contributed by atoms with E-state index in [0.29, 0.717) is 32.3 Å². The van der Waals surface area contributed by atoms with Gasteiger partial charge in [-0.05, 0) is 19.3 Å². The maximum atomic E-state index is 11.9. The van der Waals surface area contributed by atoms with Gasteiger partial charge in [-0.25, -0.2) is 0 Å². The van der Waals surface area contributed by atoms with Gasteiger partial charge in [0.05, 0.1) is 13.2 Å². The first-order valence-corrected chi connectivity index (χ1v) is 7.38. The van der Waals surface area contributed by atoms with Gasteiger partial charge in [-0.2, -0.15) is 0 Å². The molecular formula is C14H28N2O3. The lowest BCUT2D eigenvalue weighted by Gasteiger charge is -2.33. The second kappa shape index (κ2) is 10.2. The molecule has 1 amide bonds. The molecule has 1 aliphatic carbocycles. The third-order valence-corrected chi connectivity index (χ3v) is 3.67. The number of rotatable bonds is 9. The van der Waals surface area contributed by atoms with E-state index in [1.165, 1.54) is 19.3 Å². The minimum Gasteiger partial charge on any atom is -0.395 e. The van der Waals surface area contributed by atoms with Crippen molar-refractivity contribution < 1.29 is 14.6 Å². The molecule has 0 saturated heterocycles. The Bertz CT molecular complexity index is 243. The molecule has 0 aromatic heterocycles. The second-order valence-electron chi connectivity index (χ2n) is 5.18. The molecule has 5 heteroatoms. The molecule has 0 atom stereocenters. The van der Waals surface area contributed by atoms with Gasteiger partial charge in [-0.1, -0.05) is 19.3 Å². The summed E-state index contributed by atoms with van der Waals surface area (Å²) in [5.41, 5.74) is 0. The van der Waals surface area contributed by atoms with E-state index >= 15 is 0 Å². The summed E-state index contributed by atoms with van der Waals surface area (Å²) in [5.74, 6) is 0.0510. The Morgan fingerprint density at radius 1 is 1.37 bits per heavy atom. The Morgan fingerprint density at radius 2 is 2.11 bits per heavy atom. The molecule has 112 valence electrons. The first-order valence-electron chi connectivity index (χ1n) is 7.38. The summed E-state index contributed by atoms with van der Waals surface area (Å²) >= 11 is 0. The lowest BCUT2D eigenvalue weighted by atomic mass is 9.94. The number of hydrogen-bond donors (Lipinski definition) is 2. The van der Waals surface area contributed by atoms with Gasteiger partial charge in [0.25, 0.3) is 0 Å². The van der Waals surface area contributed by atoms with Crippen LogP contribution in [0, 0.1) is 0 Å². The van der Waals surface area contributed by atoms with E-state index in [1.54, 1.807) is 7.11 Å². The van der Waals surface area contributed by atoms with Crippen molar-refractivity contribution in [2.75, 3.05) is 40.0 Å². The van der Waals surface area contributed by atoms with E-state index in [0.717, 1.165) is 19.3 Å². The van der Waals surface area contributed by atoms with Crippen LogP contribution in [0.1, 0.15) is 38.5 Å². The van der Waals surface area contributed by atoms with Gasteiger partial charge in [0.2, 0.25) is 5.91 Å². The number of aliphatic hydroxyl groups is 1. The summed E-state index contributed by atoms with van der Waals surface area (Å²) in [6, 6.07) is 0.464. The van der Waals surface area contributed by atoms with Crippen molar-refractivity contribution >= 4 is 5.91 Å². The fourth-order valence-electron chi connectivity index (χ4n) is 2.65. The van der Waals surface area contributed by atoms with Crippen LogP contribution in [0.5, 0.6) is 0 Å². The number of carbonyl (C=O) groups excluding carboxylic acids is 1. The number of ether oxygens (including phenoxy) is 1. The first-order chi connectivity index (χ1) is 9.27. The van der Waals surface area contributed by atoms with Crippen LogP contribution in [0.25, 0.3) is 0 Å². The van der Waals surface area contributed by atoms with Gasteiger partial charge in [-0.3, -0.25) is 9.69 Å². The summed E-state index contributed by atoms with van der Waals surface area (Å²) < 4.78 is 4.94. The van der Waals surface area contributed by atoms with Gasteiger partial charge in [0.15, 0.2) is 0 Å². The number of carbonyl (C=O) groups is 1. The fourth-order valence-corrected chi connectivity index (χ4v) is 2.65. The Hall–Kier alpha value is -0.650. The Labute approximate surface area is 116 Å². The summed E-state index contributed by atoms with van der Waals surface area (Å²) in [7, 11) is 1.66. The van der Waals surface area contributed by atoms with Crippen LogP contribution in [0.4, 0.5) is 0 Å². The van der Waals surface area contributed by atoms with Crippen LogP contribution in [0.2, 0.25) is 0 Å². The third kappa shape index (κ3) is 6.89.